The number of fused-ring (bicyclic) bond motifs is 1. The normalized spacial score (nSPS) is 14.0. The van der Waals surface area contributed by atoms with Crippen molar-refractivity contribution in [1.29, 1.82) is 0 Å². The predicted molar refractivity (Wildman–Crippen MR) is 124 cm³/mol. The second-order valence-corrected chi connectivity index (χ2v) is 8.78. The number of aromatic amines is 1. The van der Waals surface area contributed by atoms with Gasteiger partial charge in [-0.15, -0.1) is 0 Å². The molecule has 0 bridgehead atoms. The summed E-state index contributed by atoms with van der Waals surface area (Å²) in [5.41, 5.74) is 1.21. The number of piperidine rings is 1. The summed E-state index contributed by atoms with van der Waals surface area (Å²) < 4.78 is 1.51. The number of hydrogen-bond acceptors (Lipinski definition) is 6. The Balaban J connectivity index is 1.51. The molecule has 3 aromatic rings. The molecule has 0 spiro atoms. The molecule has 168 valence electrons. The molecular formula is C22H26N6O3S. The molecule has 4 rings (SSSR count). The van der Waals surface area contributed by atoms with Gasteiger partial charge in [0.2, 0.25) is 11.8 Å². The van der Waals surface area contributed by atoms with Gasteiger partial charge >= 0.3 is 0 Å². The first kappa shape index (κ1) is 22.1. The van der Waals surface area contributed by atoms with Gasteiger partial charge in [-0.3, -0.25) is 24.0 Å². The monoisotopic (exact) mass is 454 g/mol. The highest BCUT2D eigenvalue weighted by Crippen LogP contribution is 2.19. The van der Waals surface area contributed by atoms with Gasteiger partial charge < -0.3 is 10.2 Å². The number of aryl methyl sites for hydroxylation is 1. The summed E-state index contributed by atoms with van der Waals surface area (Å²) in [6.45, 7) is 3.63. The van der Waals surface area contributed by atoms with Crippen LogP contribution in [0.5, 0.6) is 0 Å². The Bertz CT molecular complexity index is 1180. The summed E-state index contributed by atoms with van der Waals surface area (Å²) in [7, 11) is 0. The van der Waals surface area contributed by atoms with E-state index in [9.17, 15) is 14.4 Å². The van der Waals surface area contributed by atoms with Gasteiger partial charge in [-0.1, -0.05) is 23.9 Å². The molecule has 2 N–H and O–H groups in total. The van der Waals surface area contributed by atoms with Crippen molar-refractivity contribution >= 4 is 40.3 Å². The molecule has 3 heterocycles. The number of thioether (sulfide) groups is 1. The van der Waals surface area contributed by atoms with Gasteiger partial charge in [-0.25, -0.2) is 4.98 Å². The lowest BCUT2D eigenvalue weighted by atomic mass is 10.1. The molecule has 2 amide bonds. The summed E-state index contributed by atoms with van der Waals surface area (Å²) >= 11 is 1.17. The molecule has 10 heteroatoms. The van der Waals surface area contributed by atoms with E-state index in [0.717, 1.165) is 38.0 Å². The summed E-state index contributed by atoms with van der Waals surface area (Å²) in [5, 5.41) is 10.4. The van der Waals surface area contributed by atoms with Crippen LogP contribution in [0.25, 0.3) is 10.9 Å². The lowest BCUT2D eigenvalue weighted by Crippen LogP contribution is -2.36. The van der Waals surface area contributed by atoms with Crippen molar-refractivity contribution in [3.8, 4) is 0 Å². The maximum Gasteiger partial charge on any atom is 0.262 e. The largest absolute Gasteiger partial charge is 0.343 e. The van der Waals surface area contributed by atoms with Crippen LogP contribution in [-0.2, 0) is 16.1 Å². The number of anilines is 1. The highest BCUT2D eigenvalue weighted by atomic mass is 32.2. The van der Waals surface area contributed by atoms with Crippen LogP contribution >= 0.6 is 11.8 Å². The van der Waals surface area contributed by atoms with Crippen LogP contribution in [0.1, 0.15) is 31.4 Å². The summed E-state index contributed by atoms with van der Waals surface area (Å²) in [5.74, 6) is 0.313. The van der Waals surface area contributed by atoms with Crippen LogP contribution in [0.3, 0.4) is 0 Å². The zero-order chi connectivity index (χ0) is 22.5. The quantitative estimate of drug-likeness (QED) is 0.419. The second kappa shape index (κ2) is 9.99. The lowest BCUT2D eigenvalue weighted by Gasteiger charge is -2.27. The van der Waals surface area contributed by atoms with E-state index in [-0.39, 0.29) is 36.1 Å². The van der Waals surface area contributed by atoms with E-state index in [1.807, 2.05) is 17.9 Å². The van der Waals surface area contributed by atoms with Crippen LogP contribution in [0.4, 0.5) is 5.82 Å². The number of aromatic nitrogens is 4. The third kappa shape index (κ3) is 5.18. The molecule has 1 aliphatic heterocycles. The standard InChI is InChI=1S/C22H26N6O3S/c1-15-13-18(26-25-15)24-19(29)14-32-22-23-17-8-4-3-7-16(17)21(31)28(22)12-9-20(30)27-10-5-2-6-11-27/h3-4,7-8,13H,2,5-6,9-12,14H2,1H3,(H2,24,25,26,29). The Hall–Kier alpha value is -3.14. The molecule has 1 aromatic carbocycles. The van der Waals surface area contributed by atoms with Gasteiger partial charge in [-0.05, 0) is 38.3 Å². The van der Waals surface area contributed by atoms with E-state index in [1.165, 1.54) is 16.3 Å². The number of carbonyl (C=O) groups is 2. The molecule has 32 heavy (non-hydrogen) atoms. The van der Waals surface area contributed by atoms with E-state index in [0.29, 0.717) is 21.9 Å². The number of rotatable bonds is 7. The van der Waals surface area contributed by atoms with Crippen molar-refractivity contribution < 1.29 is 9.59 Å². The smallest absolute Gasteiger partial charge is 0.262 e. The molecule has 0 unspecified atom stereocenters. The number of H-pyrrole nitrogens is 1. The molecule has 0 atom stereocenters. The van der Waals surface area contributed by atoms with Crippen LogP contribution < -0.4 is 10.9 Å². The third-order valence-electron chi connectivity index (χ3n) is 5.39. The number of nitrogens with one attached hydrogen (secondary N) is 2. The number of likely N-dealkylation sites (tertiary alicyclic amines) is 1. The lowest BCUT2D eigenvalue weighted by molar-refractivity contribution is -0.132. The highest BCUT2D eigenvalue weighted by molar-refractivity contribution is 7.99. The van der Waals surface area contributed by atoms with E-state index >= 15 is 0 Å². The van der Waals surface area contributed by atoms with Crippen LogP contribution in [0, 0.1) is 6.92 Å². The fourth-order valence-corrected chi connectivity index (χ4v) is 4.58. The molecule has 9 nitrogen and oxygen atoms in total. The molecule has 0 radical (unpaired) electrons. The van der Waals surface area contributed by atoms with Gasteiger partial charge in [0.15, 0.2) is 11.0 Å². The summed E-state index contributed by atoms with van der Waals surface area (Å²) in [6.07, 6.45) is 3.43. The Labute approximate surface area is 189 Å². The highest BCUT2D eigenvalue weighted by Gasteiger charge is 2.19. The van der Waals surface area contributed by atoms with E-state index in [4.69, 9.17) is 0 Å². The second-order valence-electron chi connectivity index (χ2n) is 7.83. The average Bonchev–Trinajstić information content (AvgIpc) is 3.22. The number of hydrogen-bond donors (Lipinski definition) is 2. The maximum atomic E-state index is 13.1. The molecule has 0 aliphatic carbocycles. The number of nitrogens with zero attached hydrogens (tertiary/aromatic N) is 4. The van der Waals surface area contributed by atoms with Crippen LogP contribution in [0.2, 0.25) is 0 Å². The van der Waals surface area contributed by atoms with Crippen molar-refractivity contribution in [3.63, 3.8) is 0 Å². The minimum absolute atomic E-state index is 0.0485. The van der Waals surface area contributed by atoms with Crippen molar-refractivity contribution in [3.05, 3.63) is 46.4 Å². The van der Waals surface area contributed by atoms with Crippen molar-refractivity contribution in [2.24, 2.45) is 0 Å². The maximum absolute atomic E-state index is 13.1. The van der Waals surface area contributed by atoms with Gasteiger partial charge in [0, 0.05) is 37.8 Å². The fourth-order valence-electron chi connectivity index (χ4n) is 3.75. The number of carbonyl (C=O) groups excluding carboxylic acids is 2. The number of amides is 2. The Morgan fingerprint density at radius 2 is 1.97 bits per heavy atom. The zero-order valence-electron chi connectivity index (χ0n) is 18.0. The zero-order valence-corrected chi connectivity index (χ0v) is 18.8. The number of benzene rings is 1. The van der Waals surface area contributed by atoms with Crippen LogP contribution in [-0.4, -0.2) is 55.3 Å². The summed E-state index contributed by atoms with van der Waals surface area (Å²) in [4.78, 5) is 44.6. The Morgan fingerprint density at radius 1 is 1.19 bits per heavy atom. The number of para-hydroxylation sites is 1. The first-order valence-corrected chi connectivity index (χ1v) is 11.7. The van der Waals surface area contributed by atoms with Crippen LogP contribution in [0.15, 0.2) is 40.3 Å². The molecule has 0 saturated carbocycles. The Kier molecular flexibility index (Phi) is 6.89. The topological polar surface area (TPSA) is 113 Å². The van der Waals surface area contributed by atoms with E-state index in [1.54, 1.807) is 24.3 Å². The SMILES string of the molecule is Cc1cc(NC(=O)CSc2nc3ccccc3c(=O)n2CCC(=O)N2CCCCC2)n[nH]1. The van der Waals surface area contributed by atoms with Crippen molar-refractivity contribution in [2.75, 3.05) is 24.2 Å². The molecule has 1 saturated heterocycles. The molecule has 1 aliphatic rings. The Morgan fingerprint density at radius 3 is 2.72 bits per heavy atom. The third-order valence-corrected chi connectivity index (χ3v) is 6.37. The van der Waals surface area contributed by atoms with Crippen molar-refractivity contribution in [1.82, 2.24) is 24.6 Å². The minimum atomic E-state index is -0.250. The minimum Gasteiger partial charge on any atom is -0.343 e. The molecule has 1 fully saturated rings. The predicted octanol–water partition coefficient (Wildman–Crippen LogP) is 2.56. The first-order chi connectivity index (χ1) is 15.5. The van der Waals surface area contributed by atoms with Gasteiger partial charge in [-0.2, -0.15) is 5.10 Å². The molecule has 2 aromatic heterocycles. The first-order valence-electron chi connectivity index (χ1n) is 10.7. The molecular weight excluding hydrogens is 428 g/mol. The van der Waals surface area contributed by atoms with Gasteiger partial charge in [0.1, 0.15) is 0 Å². The van der Waals surface area contributed by atoms with E-state index < -0.39 is 0 Å². The van der Waals surface area contributed by atoms with Gasteiger partial charge in [0.05, 0.1) is 16.7 Å². The summed E-state index contributed by atoms with van der Waals surface area (Å²) in [6, 6.07) is 8.85. The van der Waals surface area contributed by atoms with Crippen molar-refractivity contribution in [2.45, 2.75) is 44.3 Å². The fraction of sp³-hybridized carbons (Fsp3) is 0.409. The van der Waals surface area contributed by atoms with Gasteiger partial charge in [0.25, 0.3) is 5.56 Å². The van der Waals surface area contributed by atoms with E-state index in [2.05, 4.69) is 20.5 Å². The average molecular weight is 455 g/mol.